The SMILES string of the molecule is O=C(CNc1ccc2c(c1)OCO2)NCCC1=CCCCC1. The van der Waals surface area contributed by atoms with Crippen LogP contribution in [0.3, 0.4) is 0 Å². The van der Waals surface area contributed by atoms with Gasteiger partial charge in [0.05, 0.1) is 6.54 Å². The molecule has 0 atom stereocenters. The zero-order chi connectivity index (χ0) is 15.2. The summed E-state index contributed by atoms with van der Waals surface area (Å²) in [5.41, 5.74) is 2.34. The van der Waals surface area contributed by atoms with Gasteiger partial charge in [-0.25, -0.2) is 0 Å². The Morgan fingerprint density at radius 2 is 2.09 bits per heavy atom. The molecule has 0 unspecified atom stereocenters. The first-order chi connectivity index (χ1) is 10.8. The molecule has 2 N–H and O–H groups in total. The Bertz CT molecular complexity index is 569. The smallest absolute Gasteiger partial charge is 0.239 e. The number of hydrogen-bond acceptors (Lipinski definition) is 4. The second kappa shape index (κ2) is 7.20. The number of carbonyl (C=O) groups excluding carboxylic acids is 1. The number of benzene rings is 1. The van der Waals surface area contributed by atoms with Crippen molar-refractivity contribution in [2.45, 2.75) is 32.1 Å². The highest BCUT2D eigenvalue weighted by Gasteiger charge is 2.13. The van der Waals surface area contributed by atoms with Gasteiger partial charge in [0.1, 0.15) is 0 Å². The summed E-state index contributed by atoms with van der Waals surface area (Å²) in [6.07, 6.45) is 8.25. The number of hydrogen-bond donors (Lipinski definition) is 2. The molecule has 5 heteroatoms. The minimum Gasteiger partial charge on any atom is -0.454 e. The number of amides is 1. The Labute approximate surface area is 130 Å². The molecule has 0 saturated heterocycles. The van der Waals surface area contributed by atoms with Gasteiger partial charge in [0, 0.05) is 18.3 Å². The van der Waals surface area contributed by atoms with Crippen molar-refractivity contribution in [1.29, 1.82) is 0 Å². The molecule has 1 aliphatic heterocycles. The van der Waals surface area contributed by atoms with E-state index in [1.807, 2.05) is 18.2 Å². The van der Waals surface area contributed by atoms with Gasteiger partial charge in [-0.2, -0.15) is 0 Å². The fourth-order valence-electron chi connectivity index (χ4n) is 2.75. The van der Waals surface area contributed by atoms with E-state index in [0.717, 1.165) is 23.6 Å². The zero-order valence-electron chi connectivity index (χ0n) is 12.7. The van der Waals surface area contributed by atoms with E-state index < -0.39 is 0 Å². The number of allylic oxidation sites excluding steroid dienone is 1. The van der Waals surface area contributed by atoms with Gasteiger partial charge in [-0.15, -0.1) is 0 Å². The second-order valence-electron chi connectivity index (χ2n) is 5.63. The molecular weight excluding hydrogens is 280 g/mol. The van der Waals surface area contributed by atoms with Crippen LogP contribution in [0.1, 0.15) is 32.1 Å². The van der Waals surface area contributed by atoms with Crippen molar-refractivity contribution in [1.82, 2.24) is 5.32 Å². The molecule has 0 saturated carbocycles. The molecule has 0 aromatic heterocycles. The van der Waals surface area contributed by atoms with Gasteiger partial charge in [-0.1, -0.05) is 11.6 Å². The van der Waals surface area contributed by atoms with E-state index in [1.165, 1.54) is 31.3 Å². The highest BCUT2D eigenvalue weighted by atomic mass is 16.7. The first-order valence-corrected chi connectivity index (χ1v) is 7.89. The van der Waals surface area contributed by atoms with Crippen molar-refractivity contribution in [3.05, 3.63) is 29.8 Å². The van der Waals surface area contributed by atoms with Crippen molar-refractivity contribution < 1.29 is 14.3 Å². The molecule has 1 aromatic carbocycles. The van der Waals surface area contributed by atoms with Crippen LogP contribution in [0.5, 0.6) is 11.5 Å². The Morgan fingerprint density at radius 3 is 2.95 bits per heavy atom. The van der Waals surface area contributed by atoms with E-state index in [0.29, 0.717) is 6.54 Å². The van der Waals surface area contributed by atoms with Crippen molar-refractivity contribution in [2.75, 3.05) is 25.2 Å². The lowest BCUT2D eigenvalue weighted by Crippen LogP contribution is -2.30. The minimum atomic E-state index is 0.00840. The average Bonchev–Trinajstić information content (AvgIpc) is 3.01. The summed E-state index contributed by atoms with van der Waals surface area (Å²) in [6, 6.07) is 5.58. The van der Waals surface area contributed by atoms with E-state index in [9.17, 15) is 4.79 Å². The Kier molecular flexibility index (Phi) is 4.83. The third-order valence-corrected chi connectivity index (χ3v) is 3.98. The molecule has 0 bridgehead atoms. The maximum absolute atomic E-state index is 11.8. The van der Waals surface area contributed by atoms with Crippen LogP contribution in [0.25, 0.3) is 0 Å². The van der Waals surface area contributed by atoms with Gasteiger partial charge in [-0.3, -0.25) is 4.79 Å². The molecule has 118 valence electrons. The number of rotatable bonds is 6. The summed E-state index contributed by atoms with van der Waals surface area (Å²) in [4.78, 5) is 11.8. The van der Waals surface area contributed by atoms with Crippen molar-refractivity contribution in [3.63, 3.8) is 0 Å². The van der Waals surface area contributed by atoms with Crippen molar-refractivity contribution in [2.24, 2.45) is 0 Å². The summed E-state index contributed by atoms with van der Waals surface area (Å²) < 4.78 is 10.6. The molecule has 1 aliphatic carbocycles. The van der Waals surface area contributed by atoms with E-state index in [1.54, 1.807) is 0 Å². The van der Waals surface area contributed by atoms with E-state index in [4.69, 9.17) is 9.47 Å². The van der Waals surface area contributed by atoms with Crippen molar-refractivity contribution in [3.8, 4) is 11.5 Å². The molecule has 0 fully saturated rings. The summed E-state index contributed by atoms with van der Waals surface area (Å²) in [7, 11) is 0. The normalized spacial score (nSPS) is 16.1. The van der Waals surface area contributed by atoms with Gasteiger partial charge < -0.3 is 20.1 Å². The molecular formula is C17H22N2O3. The van der Waals surface area contributed by atoms with Crippen molar-refractivity contribution >= 4 is 11.6 Å². The number of ether oxygens (including phenoxy) is 2. The molecule has 1 aromatic rings. The number of nitrogens with one attached hydrogen (secondary N) is 2. The number of carbonyl (C=O) groups is 1. The van der Waals surface area contributed by atoms with Gasteiger partial charge in [0.15, 0.2) is 11.5 Å². The quantitative estimate of drug-likeness (QED) is 0.793. The van der Waals surface area contributed by atoms with E-state index in [-0.39, 0.29) is 19.2 Å². The lowest BCUT2D eigenvalue weighted by Gasteiger charge is -2.13. The predicted molar refractivity (Wildman–Crippen MR) is 85.2 cm³/mol. The lowest BCUT2D eigenvalue weighted by molar-refractivity contribution is -0.119. The first-order valence-electron chi connectivity index (χ1n) is 7.89. The van der Waals surface area contributed by atoms with Crippen LogP contribution < -0.4 is 20.1 Å². The first kappa shape index (κ1) is 14.8. The van der Waals surface area contributed by atoms with Gasteiger partial charge in [0.2, 0.25) is 12.7 Å². The Hall–Kier alpha value is -2.17. The maximum atomic E-state index is 11.8. The Balaban J connectivity index is 1.38. The summed E-state index contributed by atoms with van der Waals surface area (Å²) in [5.74, 6) is 1.47. The van der Waals surface area contributed by atoms with Crippen LogP contribution in [0.2, 0.25) is 0 Å². The molecule has 0 spiro atoms. The maximum Gasteiger partial charge on any atom is 0.239 e. The Morgan fingerprint density at radius 1 is 1.18 bits per heavy atom. The summed E-state index contributed by atoms with van der Waals surface area (Å²) in [6.45, 7) is 1.24. The molecule has 3 rings (SSSR count). The number of anilines is 1. The van der Waals surface area contributed by atoms with E-state index >= 15 is 0 Å². The topological polar surface area (TPSA) is 59.6 Å². The molecule has 2 aliphatic rings. The van der Waals surface area contributed by atoms with Crippen LogP contribution >= 0.6 is 0 Å². The summed E-state index contributed by atoms with van der Waals surface area (Å²) >= 11 is 0. The van der Waals surface area contributed by atoms with Crippen LogP contribution in [0, 0.1) is 0 Å². The van der Waals surface area contributed by atoms with Gasteiger partial charge in [-0.05, 0) is 44.2 Å². The largest absolute Gasteiger partial charge is 0.454 e. The van der Waals surface area contributed by atoms with Gasteiger partial charge in [0.25, 0.3) is 0 Å². The van der Waals surface area contributed by atoms with Gasteiger partial charge >= 0.3 is 0 Å². The van der Waals surface area contributed by atoms with Crippen LogP contribution in [-0.2, 0) is 4.79 Å². The number of fused-ring (bicyclic) bond motifs is 1. The van der Waals surface area contributed by atoms with Crippen LogP contribution in [0.15, 0.2) is 29.8 Å². The standard InChI is InChI=1S/C17H22N2O3/c20-17(18-9-8-13-4-2-1-3-5-13)11-19-14-6-7-15-16(10-14)22-12-21-15/h4,6-7,10,19H,1-3,5,8-9,11-12H2,(H,18,20). The monoisotopic (exact) mass is 302 g/mol. The van der Waals surface area contributed by atoms with Crippen LogP contribution in [-0.4, -0.2) is 25.8 Å². The fourth-order valence-corrected chi connectivity index (χ4v) is 2.75. The highest BCUT2D eigenvalue weighted by Crippen LogP contribution is 2.34. The molecule has 1 heterocycles. The minimum absolute atomic E-state index is 0.00840. The summed E-state index contributed by atoms with van der Waals surface area (Å²) in [5, 5.41) is 6.05. The lowest BCUT2D eigenvalue weighted by atomic mass is 9.97. The van der Waals surface area contributed by atoms with E-state index in [2.05, 4.69) is 16.7 Å². The molecule has 0 radical (unpaired) electrons. The third-order valence-electron chi connectivity index (χ3n) is 3.98. The molecule has 22 heavy (non-hydrogen) atoms. The predicted octanol–water partition coefficient (Wildman–Crippen LogP) is 2.83. The molecule has 5 nitrogen and oxygen atoms in total. The fraction of sp³-hybridized carbons (Fsp3) is 0.471. The second-order valence-corrected chi connectivity index (χ2v) is 5.63. The zero-order valence-corrected chi connectivity index (χ0v) is 12.7. The molecule has 1 amide bonds. The third kappa shape index (κ3) is 3.93. The average molecular weight is 302 g/mol. The van der Waals surface area contributed by atoms with Crippen LogP contribution in [0.4, 0.5) is 5.69 Å². The highest BCUT2D eigenvalue weighted by molar-refractivity contribution is 5.80.